The summed E-state index contributed by atoms with van der Waals surface area (Å²) in [4.78, 5) is 22.3. The van der Waals surface area contributed by atoms with Gasteiger partial charge in [-0.1, -0.05) is 18.2 Å². The van der Waals surface area contributed by atoms with Gasteiger partial charge in [-0.3, -0.25) is 0 Å². The molecule has 0 saturated heterocycles. The predicted molar refractivity (Wildman–Crippen MR) is 74.9 cm³/mol. The highest BCUT2D eigenvalue weighted by Gasteiger charge is 2.09. The third kappa shape index (κ3) is 2.69. The summed E-state index contributed by atoms with van der Waals surface area (Å²) in [6.07, 6.45) is 0. The van der Waals surface area contributed by atoms with E-state index in [9.17, 15) is 9.59 Å². The van der Waals surface area contributed by atoms with Crippen LogP contribution in [0.1, 0.15) is 26.3 Å². The molecule has 0 unspecified atom stereocenters. The van der Waals surface area contributed by atoms with Crippen LogP contribution in [0.25, 0.3) is 11.1 Å². The molecule has 2 rings (SSSR count). The molecule has 2 aromatic rings. The van der Waals surface area contributed by atoms with E-state index in [1.807, 2.05) is 13.0 Å². The number of hydrogen-bond acceptors (Lipinski definition) is 3. The topological polar surface area (TPSA) is 63.6 Å². The van der Waals surface area contributed by atoms with Gasteiger partial charge in [-0.05, 0) is 47.9 Å². The van der Waals surface area contributed by atoms with Crippen LogP contribution in [0.2, 0.25) is 0 Å². The second kappa shape index (κ2) is 5.57. The number of methoxy groups -OCH3 is 1. The summed E-state index contributed by atoms with van der Waals surface area (Å²) in [6, 6.07) is 11.9. The largest absolute Gasteiger partial charge is 0.478 e. The highest BCUT2D eigenvalue weighted by atomic mass is 16.5. The number of aromatic carboxylic acids is 1. The molecule has 0 saturated carbocycles. The van der Waals surface area contributed by atoms with Gasteiger partial charge in [0.25, 0.3) is 0 Å². The number of benzene rings is 2. The number of carboxylic acid groups (broad SMARTS) is 1. The van der Waals surface area contributed by atoms with Crippen molar-refractivity contribution in [2.45, 2.75) is 6.92 Å². The van der Waals surface area contributed by atoms with Crippen molar-refractivity contribution < 1.29 is 19.4 Å². The Kier molecular flexibility index (Phi) is 3.84. The Labute approximate surface area is 116 Å². The molecule has 4 nitrogen and oxygen atoms in total. The molecule has 0 aliphatic heterocycles. The maximum absolute atomic E-state index is 11.4. The molecule has 0 bridgehead atoms. The predicted octanol–water partition coefficient (Wildman–Crippen LogP) is 3.15. The van der Waals surface area contributed by atoms with Gasteiger partial charge in [-0.2, -0.15) is 0 Å². The fourth-order valence-corrected chi connectivity index (χ4v) is 2.02. The van der Waals surface area contributed by atoms with Crippen molar-refractivity contribution in [1.29, 1.82) is 0 Å². The number of carbonyl (C=O) groups is 2. The van der Waals surface area contributed by atoms with Gasteiger partial charge >= 0.3 is 11.9 Å². The average molecular weight is 270 g/mol. The number of carboxylic acids is 1. The lowest BCUT2D eigenvalue weighted by Gasteiger charge is -2.08. The summed E-state index contributed by atoms with van der Waals surface area (Å²) in [5.74, 6) is -1.32. The Balaban J connectivity index is 2.38. The number of rotatable bonds is 3. The Morgan fingerprint density at radius 1 is 1.00 bits per heavy atom. The lowest BCUT2D eigenvalue weighted by atomic mass is 9.97. The Morgan fingerprint density at radius 3 is 2.10 bits per heavy atom. The van der Waals surface area contributed by atoms with Crippen LogP contribution < -0.4 is 0 Å². The summed E-state index contributed by atoms with van der Waals surface area (Å²) in [7, 11) is 1.34. The van der Waals surface area contributed by atoms with Crippen LogP contribution in [0.15, 0.2) is 42.5 Å². The summed E-state index contributed by atoms with van der Waals surface area (Å²) in [6.45, 7) is 1.90. The lowest BCUT2D eigenvalue weighted by Crippen LogP contribution is -2.01. The van der Waals surface area contributed by atoms with Crippen molar-refractivity contribution in [2.75, 3.05) is 7.11 Å². The van der Waals surface area contributed by atoms with Crippen LogP contribution in [0, 0.1) is 6.92 Å². The molecule has 1 N–H and O–H groups in total. The molecule has 0 fully saturated rings. The van der Waals surface area contributed by atoms with Crippen LogP contribution >= 0.6 is 0 Å². The van der Waals surface area contributed by atoms with Gasteiger partial charge < -0.3 is 9.84 Å². The fourth-order valence-electron chi connectivity index (χ4n) is 2.02. The number of aryl methyl sites for hydroxylation is 1. The van der Waals surface area contributed by atoms with Crippen LogP contribution in [-0.2, 0) is 4.74 Å². The van der Waals surface area contributed by atoms with Gasteiger partial charge in [-0.25, -0.2) is 9.59 Å². The summed E-state index contributed by atoms with van der Waals surface area (Å²) in [5, 5.41) is 8.87. The van der Waals surface area contributed by atoms with E-state index in [2.05, 4.69) is 4.74 Å². The van der Waals surface area contributed by atoms with Crippen molar-refractivity contribution in [3.63, 3.8) is 0 Å². The van der Waals surface area contributed by atoms with Crippen LogP contribution in [-0.4, -0.2) is 24.2 Å². The average Bonchev–Trinajstić information content (AvgIpc) is 2.46. The van der Waals surface area contributed by atoms with Gasteiger partial charge in [-0.15, -0.1) is 0 Å². The normalized spacial score (nSPS) is 10.1. The third-order valence-electron chi connectivity index (χ3n) is 3.09. The quantitative estimate of drug-likeness (QED) is 0.870. The second-order valence-corrected chi connectivity index (χ2v) is 4.40. The monoisotopic (exact) mass is 270 g/mol. The van der Waals surface area contributed by atoms with Crippen LogP contribution in [0.3, 0.4) is 0 Å². The van der Waals surface area contributed by atoms with Gasteiger partial charge in [0, 0.05) is 0 Å². The Hall–Kier alpha value is -2.62. The first-order chi connectivity index (χ1) is 9.52. The summed E-state index contributed by atoms with van der Waals surface area (Å²) in [5.41, 5.74) is 3.53. The van der Waals surface area contributed by atoms with Crippen molar-refractivity contribution in [3.8, 4) is 11.1 Å². The molecule has 0 spiro atoms. The highest BCUT2D eigenvalue weighted by molar-refractivity contribution is 5.91. The molecule has 0 aliphatic carbocycles. The number of esters is 1. The molecule has 0 atom stereocenters. The first-order valence-corrected chi connectivity index (χ1v) is 6.05. The van der Waals surface area contributed by atoms with Crippen LogP contribution in [0.4, 0.5) is 0 Å². The van der Waals surface area contributed by atoms with Crippen molar-refractivity contribution in [1.82, 2.24) is 0 Å². The van der Waals surface area contributed by atoms with E-state index in [1.165, 1.54) is 7.11 Å². The molecule has 0 aromatic heterocycles. The fraction of sp³-hybridized carbons (Fsp3) is 0.125. The van der Waals surface area contributed by atoms with Crippen LogP contribution in [0.5, 0.6) is 0 Å². The highest BCUT2D eigenvalue weighted by Crippen LogP contribution is 2.25. The first kappa shape index (κ1) is 13.8. The molecule has 0 radical (unpaired) electrons. The molecule has 102 valence electrons. The van der Waals surface area contributed by atoms with Gasteiger partial charge in [0.1, 0.15) is 0 Å². The minimum absolute atomic E-state index is 0.248. The van der Waals surface area contributed by atoms with Gasteiger partial charge in [0.05, 0.1) is 18.2 Å². The van der Waals surface area contributed by atoms with E-state index < -0.39 is 5.97 Å². The minimum Gasteiger partial charge on any atom is -0.478 e. The smallest absolute Gasteiger partial charge is 0.337 e. The molecular weight excluding hydrogens is 256 g/mol. The first-order valence-electron chi connectivity index (χ1n) is 6.05. The van der Waals surface area contributed by atoms with Gasteiger partial charge in [0.15, 0.2) is 0 Å². The molecular formula is C16H14O4. The molecule has 0 amide bonds. The maximum Gasteiger partial charge on any atom is 0.337 e. The Bertz CT molecular complexity index is 657. The number of hydrogen-bond donors (Lipinski definition) is 1. The van der Waals surface area contributed by atoms with E-state index in [4.69, 9.17) is 5.11 Å². The minimum atomic E-state index is -0.950. The Morgan fingerprint density at radius 2 is 1.60 bits per heavy atom. The van der Waals surface area contributed by atoms with Crippen molar-refractivity contribution in [2.24, 2.45) is 0 Å². The number of ether oxygens (including phenoxy) is 1. The van der Waals surface area contributed by atoms with Crippen molar-refractivity contribution >= 4 is 11.9 Å². The molecule has 2 aromatic carbocycles. The van der Waals surface area contributed by atoms with E-state index in [0.29, 0.717) is 5.56 Å². The zero-order valence-electron chi connectivity index (χ0n) is 11.2. The molecule has 20 heavy (non-hydrogen) atoms. The zero-order chi connectivity index (χ0) is 14.7. The summed E-state index contributed by atoms with van der Waals surface area (Å²) >= 11 is 0. The molecule has 4 heteroatoms. The number of carbonyl (C=O) groups excluding carboxylic acids is 1. The second-order valence-electron chi connectivity index (χ2n) is 4.40. The SMILES string of the molecule is COC(=O)c1ccc(-c2ccc(C(=O)O)cc2)c(C)c1. The van der Waals surface area contributed by atoms with E-state index in [-0.39, 0.29) is 11.5 Å². The third-order valence-corrected chi connectivity index (χ3v) is 3.09. The van der Waals surface area contributed by atoms with Gasteiger partial charge in [0.2, 0.25) is 0 Å². The maximum atomic E-state index is 11.4. The molecule has 0 heterocycles. The van der Waals surface area contributed by atoms with E-state index in [1.54, 1.807) is 36.4 Å². The van der Waals surface area contributed by atoms with Crippen molar-refractivity contribution in [3.05, 3.63) is 59.2 Å². The van der Waals surface area contributed by atoms with E-state index in [0.717, 1.165) is 16.7 Å². The standard InChI is InChI=1S/C16H14O4/c1-10-9-13(16(19)20-2)7-8-14(10)11-3-5-12(6-4-11)15(17)18/h3-9H,1-2H3,(H,17,18). The summed E-state index contributed by atoms with van der Waals surface area (Å²) < 4.78 is 4.67. The zero-order valence-corrected chi connectivity index (χ0v) is 11.2. The molecule has 0 aliphatic rings. The van der Waals surface area contributed by atoms with E-state index >= 15 is 0 Å². The lowest BCUT2D eigenvalue weighted by molar-refractivity contribution is 0.0599.